The van der Waals surface area contributed by atoms with Crippen molar-refractivity contribution in [3.8, 4) is 5.75 Å². The van der Waals surface area contributed by atoms with E-state index in [1.54, 1.807) is 7.11 Å². The van der Waals surface area contributed by atoms with Crippen molar-refractivity contribution in [2.24, 2.45) is 17.8 Å². The highest BCUT2D eigenvalue weighted by atomic mass is 16.5. The number of carbonyl (C=O) groups is 1. The molecule has 1 saturated heterocycles. The van der Waals surface area contributed by atoms with E-state index in [0.717, 1.165) is 24.4 Å². The number of piperidine rings is 2. The highest BCUT2D eigenvalue weighted by Crippen LogP contribution is 2.46. The summed E-state index contributed by atoms with van der Waals surface area (Å²) in [5.41, 5.74) is 1.10. The molecule has 3 heteroatoms. The number of ether oxygens (including phenoxy) is 1. The molecule has 21 heavy (non-hydrogen) atoms. The Bertz CT molecular complexity index is 496. The second kappa shape index (κ2) is 5.80. The van der Waals surface area contributed by atoms with E-state index in [-0.39, 0.29) is 0 Å². The predicted molar refractivity (Wildman–Crippen MR) is 83.5 cm³/mol. The molecule has 2 fully saturated rings. The number of fused-ring (bicyclic) bond motifs is 2. The number of hydrogen-bond acceptors (Lipinski definition) is 3. The molecule has 0 aromatic heterocycles. The molecule has 1 aromatic rings. The van der Waals surface area contributed by atoms with Crippen LogP contribution in [0.2, 0.25) is 0 Å². The molecule has 3 rings (SSSR count). The van der Waals surface area contributed by atoms with Crippen LogP contribution in [0.25, 0.3) is 0 Å². The molecule has 2 unspecified atom stereocenters. The lowest BCUT2D eigenvalue weighted by Crippen LogP contribution is -2.59. The van der Waals surface area contributed by atoms with Gasteiger partial charge in [0.1, 0.15) is 11.5 Å². The fourth-order valence-corrected chi connectivity index (χ4v) is 3.93. The quantitative estimate of drug-likeness (QED) is 0.834. The number of ketones is 1. The fourth-order valence-electron chi connectivity index (χ4n) is 3.93. The van der Waals surface area contributed by atoms with Crippen LogP contribution in [0.5, 0.6) is 5.75 Å². The molecule has 1 saturated carbocycles. The summed E-state index contributed by atoms with van der Waals surface area (Å²) in [6.07, 6.45) is 1.82. The number of likely N-dealkylation sites (tertiary alicyclic amines) is 1. The Morgan fingerprint density at radius 3 is 2.38 bits per heavy atom. The van der Waals surface area contributed by atoms with E-state index in [0.29, 0.717) is 36.0 Å². The third kappa shape index (κ3) is 2.84. The van der Waals surface area contributed by atoms with Gasteiger partial charge in [0.05, 0.1) is 7.11 Å². The molecule has 2 aliphatic rings. The first kappa shape index (κ1) is 14.6. The van der Waals surface area contributed by atoms with Crippen LogP contribution in [-0.2, 0) is 11.2 Å². The van der Waals surface area contributed by atoms with Crippen LogP contribution in [0.15, 0.2) is 24.3 Å². The number of hydrogen-bond donors (Lipinski definition) is 0. The first-order valence-electron chi connectivity index (χ1n) is 7.98. The number of nitrogens with zero attached hydrogens (tertiary/aromatic N) is 1. The van der Waals surface area contributed by atoms with Crippen LogP contribution in [0, 0.1) is 17.8 Å². The van der Waals surface area contributed by atoms with Crippen LogP contribution in [0.1, 0.15) is 25.8 Å². The smallest absolute Gasteiger partial charge is 0.140 e. The van der Waals surface area contributed by atoms with Crippen molar-refractivity contribution in [1.29, 1.82) is 0 Å². The molecule has 0 N–H and O–H groups in total. The third-order valence-corrected chi connectivity index (χ3v) is 5.20. The largest absolute Gasteiger partial charge is 0.497 e. The SMILES string of the molecule is COc1ccc(CC(=O)C2C3CC2CN(C(C)C)C3)cc1. The maximum absolute atomic E-state index is 12.6. The summed E-state index contributed by atoms with van der Waals surface area (Å²) in [7, 11) is 1.66. The summed E-state index contributed by atoms with van der Waals surface area (Å²) < 4.78 is 5.16. The zero-order valence-corrected chi connectivity index (χ0v) is 13.2. The Hall–Kier alpha value is -1.35. The summed E-state index contributed by atoms with van der Waals surface area (Å²) >= 11 is 0. The molecular formula is C18H25NO2. The molecule has 1 aliphatic heterocycles. The van der Waals surface area contributed by atoms with Gasteiger partial charge in [0.25, 0.3) is 0 Å². The van der Waals surface area contributed by atoms with Crippen molar-refractivity contribution in [1.82, 2.24) is 4.90 Å². The van der Waals surface area contributed by atoms with Crippen molar-refractivity contribution in [3.05, 3.63) is 29.8 Å². The molecule has 2 atom stereocenters. The lowest BCUT2D eigenvalue weighted by Gasteiger charge is -2.54. The van der Waals surface area contributed by atoms with E-state index in [9.17, 15) is 4.79 Å². The van der Waals surface area contributed by atoms with Crippen molar-refractivity contribution >= 4 is 5.78 Å². The van der Waals surface area contributed by atoms with Gasteiger partial charge in [-0.1, -0.05) is 12.1 Å². The Balaban J connectivity index is 1.59. The maximum Gasteiger partial charge on any atom is 0.140 e. The third-order valence-electron chi connectivity index (χ3n) is 5.20. The van der Waals surface area contributed by atoms with Crippen LogP contribution in [-0.4, -0.2) is 36.9 Å². The van der Waals surface area contributed by atoms with Gasteiger partial charge in [-0.3, -0.25) is 4.79 Å². The molecule has 0 amide bonds. The number of Topliss-reactive ketones (excluding diaryl/α,β-unsaturated/α-hetero) is 1. The summed E-state index contributed by atoms with van der Waals surface area (Å²) in [6, 6.07) is 8.49. The molecule has 3 nitrogen and oxygen atoms in total. The lowest BCUT2D eigenvalue weighted by molar-refractivity contribution is -0.139. The second-order valence-corrected chi connectivity index (χ2v) is 6.82. The Morgan fingerprint density at radius 1 is 1.24 bits per heavy atom. The standard InChI is InChI=1S/C18H25NO2/c1-12(2)19-10-14-9-15(11-19)18(14)17(20)8-13-4-6-16(21-3)7-5-13/h4-7,12,14-15,18H,8-11H2,1-3H3. The zero-order valence-electron chi connectivity index (χ0n) is 13.2. The summed E-state index contributed by atoms with van der Waals surface area (Å²) in [5, 5.41) is 0. The van der Waals surface area contributed by atoms with Crippen LogP contribution in [0.4, 0.5) is 0 Å². The van der Waals surface area contributed by atoms with E-state index < -0.39 is 0 Å². The Morgan fingerprint density at radius 2 is 1.86 bits per heavy atom. The molecule has 2 bridgehead atoms. The van der Waals surface area contributed by atoms with Gasteiger partial charge in [-0.05, 0) is 49.8 Å². The molecule has 1 aromatic carbocycles. The van der Waals surface area contributed by atoms with Gasteiger partial charge in [0.15, 0.2) is 0 Å². The minimum atomic E-state index is 0.308. The van der Waals surface area contributed by atoms with Gasteiger partial charge in [-0.25, -0.2) is 0 Å². The van der Waals surface area contributed by atoms with Gasteiger partial charge in [-0.15, -0.1) is 0 Å². The summed E-state index contributed by atoms with van der Waals surface area (Å²) in [4.78, 5) is 15.1. The molecular weight excluding hydrogens is 262 g/mol. The van der Waals surface area contributed by atoms with E-state index in [1.807, 2.05) is 24.3 Å². The minimum absolute atomic E-state index is 0.308. The average Bonchev–Trinajstić information content (AvgIpc) is 2.48. The maximum atomic E-state index is 12.6. The van der Waals surface area contributed by atoms with Crippen LogP contribution < -0.4 is 4.74 Å². The fraction of sp³-hybridized carbons (Fsp3) is 0.611. The van der Waals surface area contributed by atoms with E-state index in [1.165, 1.54) is 6.42 Å². The Labute approximate surface area is 127 Å². The zero-order chi connectivity index (χ0) is 15.0. The monoisotopic (exact) mass is 287 g/mol. The van der Waals surface area contributed by atoms with Crippen LogP contribution >= 0.6 is 0 Å². The summed E-state index contributed by atoms with van der Waals surface area (Å²) in [5.74, 6) is 2.78. The number of benzene rings is 1. The highest BCUT2D eigenvalue weighted by Gasteiger charge is 2.49. The van der Waals surface area contributed by atoms with Crippen LogP contribution in [0.3, 0.4) is 0 Å². The van der Waals surface area contributed by atoms with Gasteiger partial charge in [0.2, 0.25) is 0 Å². The molecule has 0 spiro atoms. The Kier molecular flexibility index (Phi) is 4.03. The molecule has 0 radical (unpaired) electrons. The number of carbonyl (C=O) groups excluding carboxylic acids is 1. The number of methoxy groups -OCH3 is 1. The first-order valence-corrected chi connectivity index (χ1v) is 7.98. The number of rotatable bonds is 5. The normalized spacial score (nSPS) is 28.3. The van der Waals surface area contributed by atoms with Crippen molar-refractivity contribution in [2.75, 3.05) is 20.2 Å². The highest BCUT2D eigenvalue weighted by molar-refractivity contribution is 5.85. The van der Waals surface area contributed by atoms with E-state index in [2.05, 4.69) is 18.7 Å². The second-order valence-electron chi connectivity index (χ2n) is 6.82. The average molecular weight is 287 g/mol. The predicted octanol–water partition coefficient (Wildman–Crippen LogP) is 2.78. The van der Waals surface area contributed by atoms with E-state index >= 15 is 0 Å². The lowest BCUT2D eigenvalue weighted by atomic mass is 9.59. The first-order chi connectivity index (χ1) is 10.1. The molecule has 1 aliphatic carbocycles. The van der Waals surface area contributed by atoms with E-state index in [4.69, 9.17) is 4.74 Å². The van der Waals surface area contributed by atoms with Gasteiger partial charge in [-0.2, -0.15) is 0 Å². The van der Waals surface area contributed by atoms with Gasteiger partial charge in [0, 0.05) is 31.5 Å². The summed E-state index contributed by atoms with van der Waals surface area (Å²) in [6.45, 7) is 6.71. The molecule has 114 valence electrons. The molecule has 1 heterocycles. The topological polar surface area (TPSA) is 29.5 Å². The van der Waals surface area contributed by atoms with Crippen molar-refractivity contribution < 1.29 is 9.53 Å². The van der Waals surface area contributed by atoms with Crippen molar-refractivity contribution in [3.63, 3.8) is 0 Å². The minimum Gasteiger partial charge on any atom is -0.497 e. The van der Waals surface area contributed by atoms with Gasteiger partial charge >= 0.3 is 0 Å². The van der Waals surface area contributed by atoms with Gasteiger partial charge < -0.3 is 9.64 Å². The van der Waals surface area contributed by atoms with Crippen molar-refractivity contribution in [2.45, 2.75) is 32.7 Å².